The molecule has 1 rings (SSSR count). The smallest absolute Gasteiger partial charge is 0.231 e. The Balaban J connectivity index is 2.43. The average molecular weight is 185 g/mol. The maximum absolute atomic E-state index is 10.7. The molecule has 0 aliphatic carbocycles. The second-order valence-corrected chi connectivity index (χ2v) is 3.92. The summed E-state index contributed by atoms with van der Waals surface area (Å²) in [6.45, 7) is 4.65. The second kappa shape index (κ2) is 4.58. The molecule has 1 amide bonds. The molecule has 3 N–H and O–H groups in total. The van der Waals surface area contributed by atoms with Crippen LogP contribution in [-0.4, -0.2) is 43.5 Å². The van der Waals surface area contributed by atoms with Crippen molar-refractivity contribution in [1.29, 1.82) is 0 Å². The van der Waals surface area contributed by atoms with E-state index in [0.29, 0.717) is 18.5 Å². The molecule has 13 heavy (non-hydrogen) atoms. The first-order chi connectivity index (χ1) is 6.11. The molecule has 2 unspecified atom stereocenters. The van der Waals surface area contributed by atoms with E-state index in [1.165, 1.54) is 0 Å². The third-order valence-electron chi connectivity index (χ3n) is 2.71. The molecule has 1 aliphatic rings. The van der Waals surface area contributed by atoms with Crippen LogP contribution in [0.5, 0.6) is 0 Å². The van der Waals surface area contributed by atoms with Gasteiger partial charge in [-0.15, -0.1) is 0 Å². The molecule has 0 aromatic rings. The van der Waals surface area contributed by atoms with Crippen molar-refractivity contribution in [2.75, 3.05) is 26.7 Å². The van der Waals surface area contributed by atoms with Crippen LogP contribution in [0, 0.1) is 5.92 Å². The predicted molar refractivity (Wildman–Crippen MR) is 52.3 cm³/mol. The molecule has 0 radical (unpaired) electrons. The van der Waals surface area contributed by atoms with Crippen LogP contribution in [-0.2, 0) is 4.79 Å². The second-order valence-electron chi connectivity index (χ2n) is 3.92. The van der Waals surface area contributed by atoms with Gasteiger partial charge in [0.15, 0.2) is 0 Å². The summed E-state index contributed by atoms with van der Waals surface area (Å²) >= 11 is 0. The van der Waals surface area contributed by atoms with E-state index in [4.69, 9.17) is 5.73 Å². The average Bonchev–Trinajstić information content (AvgIpc) is 2.03. The van der Waals surface area contributed by atoms with E-state index < -0.39 is 0 Å². The van der Waals surface area contributed by atoms with Gasteiger partial charge in [0.2, 0.25) is 5.91 Å². The first-order valence-electron chi connectivity index (χ1n) is 4.80. The fourth-order valence-corrected chi connectivity index (χ4v) is 2.02. The fraction of sp³-hybridized carbons (Fsp3) is 0.889. The quantitative estimate of drug-likeness (QED) is 0.617. The molecule has 1 fully saturated rings. The number of rotatable bonds is 3. The first kappa shape index (κ1) is 10.5. The summed E-state index contributed by atoms with van der Waals surface area (Å²) in [5.41, 5.74) is 5.15. The highest BCUT2D eigenvalue weighted by Crippen LogP contribution is 2.15. The van der Waals surface area contributed by atoms with Gasteiger partial charge in [-0.3, -0.25) is 9.69 Å². The standard InChI is InChI=1S/C9H19N3O/c1-7-5-11-4-3-8(7)12(2)6-9(10)13/h7-8,11H,3-6H2,1-2H3,(H2,10,13). The number of primary amides is 1. The number of nitrogens with one attached hydrogen (secondary N) is 1. The van der Waals surface area contributed by atoms with Crippen LogP contribution >= 0.6 is 0 Å². The number of carbonyl (C=O) groups excluding carboxylic acids is 1. The lowest BCUT2D eigenvalue weighted by molar-refractivity contribution is -0.119. The Bertz CT molecular complexity index is 184. The van der Waals surface area contributed by atoms with Crippen molar-refractivity contribution in [3.63, 3.8) is 0 Å². The van der Waals surface area contributed by atoms with Gasteiger partial charge < -0.3 is 11.1 Å². The van der Waals surface area contributed by atoms with Gasteiger partial charge in [-0.25, -0.2) is 0 Å². The summed E-state index contributed by atoms with van der Waals surface area (Å²) in [4.78, 5) is 12.8. The number of carbonyl (C=O) groups is 1. The van der Waals surface area contributed by atoms with E-state index in [1.54, 1.807) is 0 Å². The Hall–Kier alpha value is -0.610. The van der Waals surface area contributed by atoms with E-state index in [9.17, 15) is 4.79 Å². The maximum Gasteiger partial charge on any atom is 0.231 e. The van der Waals surface area contributed by atoms with Crippen molar-refractivity contribution >= 4 is 5.91 Å². The van der Waals surface area contributed by atoms with Crippen molar-refractivity contribution in [3.8, 4) is 0 Å². The van der Waals surface area contributed by atoms with Crippen molar-refractivity contribution in [2.45, 2.75) is 19.4 Å². The van der Waals surface area contributed by atoms with E-state index in [0.717, 1.165) is 19.5 Å². The Kier molecular flexibility index (Phi) is 3.69. The third kappa shape index (κ3) is 2.97. The van der Waals surface area contributed by atoms with Crippen molar-refractivity contribution < 1.29 is 4.79 Å². The summed E-state index contributed by atoms with van der Waals surface area (Å²) in [6, 6.07) is 0.494. The normalized spacial score (nSPS) is 29.2. The number of nitrogens with two attached hydrogens (primary N) is 1. The van der Waals surface area contributed by atoms with Gasteiger partial charge in [0.1, 0.15) is 0 Å². The molecule has 2 atom stereocenters. The van der Waals surface area contributed by atoms with Crippen LogP contribution in [0.15, 0.2) is 0 Å². The predicted octanol–water partition coefficient (Wildman–Crippen LogP) is -0.598. The van der Waals surface area contributed by atoms with E-state index >= 15 is 0 Å². The zero-order valence-electron chi connectivity index (χ0n) is 8.42. The highest BCUT2D eigenvalue weighted by Gasteiger charge is 2.25. The summed E-state index contributed by atoms with van der Waals surface area (Å²) in [5, 5.41) is 3.33. The van der Waals surface area contributed by atoms with Crippen LogP contribution in [0.25, 0.3) is 0 Å². The van der Waals surface area contributed by atoms with Crippen LogP contribution in [0.4, 0.5) is 0 Å². The van der Waals surface area contributed by atoms with Gasteiger partial charge in [0.25, 0.3) is 0 Å². The van der Waals surface area contributed by atoms with Crippen molar-refractivity contribution in [2.24, 2.45) is 11.7 Å². The number of hydrogen-bond donors (Lipinski definition) is 2. The SMILES string of the molecule is CC1CNCCC1N(C)CC(N)=O. The minimum atomic E-state index is -0.242. The molecule has 1 aliphatic heterocycles. The number of piperidine rings is 1. The molecule has 76 valence electrons. The van der Waals surface area contributed by atoms with Gasteiger partial charge in [0, 0.05) is 6.04 Å². The minimum Gasteiger partial charge on any atom is -0.369 e. The lowest BCUT2D eigenvalue weighted by Gasteiger charge is -2.35. The van der Waals surface area contributed by atoms with Crippen LogP contribution in [0.1, 0.15) is 13.3 Å². The van der Waals surface area contributed by atoms with Crippen LogP contribution < -0.4 is 11.1 Å². The van der Waals surface area contributed by atoms with Gasteiger partial charge in [-0.05, 0) is 32.5 Å². The number of likely N-dealkylation sites (N-methyl/N-ethyl adjacent to an activating group) is 1. The van der Waals surface area contributed by atoms with Gasteiger partial charge in [-0.2, -0.15) is 0 Å². The van der Waals surface area contributed by atoms with Gasteiger partial charge in [0.05, 0.1) is 6.54 Å². The largest absolute Gasteiger partial charge is 0.369 e. The fourth-order valence-electron chi connectivity index (χ4n) is 2.02. The Morgan fingerprint density at radius 1 is 1.69 bits per heavy atom. The summed E-state index contributed by atoms with van der Waals surface area (Å²) < 4.78 is 0. The maximum atomic E-state index is 10.7. The molecule has 1 heterocycles. The van der Waals surface area contributed by atoms with E-state index in [-0.39, 0.29) is 5.91 Å². The molecule has 4 nitrogen and oxygen atoms in total. The molecule has 0 bridgehead atoms. The zero-order chi connectivity index (χ0) is 9.84. The van der Waals surface area contributed by atoms with Gasteiger partial charge in [-0.1, -0.05) is 6.92 Å². The molecule has 1 saturated heterocycles. The molecular formula is C9H19N3O. The van der Waals surface area contributed by atoms with Crippen LogP contribution in [0.2, 0.25) is 0 Å². The minimum absolute atomic E-state index is 0.242. The number of nitrogens with zero attached hydrogens (tertiary/aromatic N) is 1. The topological polar surface area (TPSA) is 58.4 Å². The third-order valence-corrected chi connectivity index (χ3v) is 2.71. The number of hydrogen-bond acceptors (Lipinski definition) is 3. The van der Waals surface area contributed by atoms with Gasteiger partial charge >= 0.3 is 0 Å². The van der Waals surface area contributed by atoms with E-state index in [1.807, 2.05) is 7.05 Å². The highest BCUT2D eigenvalue weighted by atomic mass is 16.1. The van der Waals surface area contributed by atoms with E-state index in [2.05, 4.69) is 17.1 Å². The molecule has 0 aromatic heterocycles. The first-order valence-corrected chi connectivity index (χ1v) is 4.80. The molecule has 0 saturated carbocycles. The van der Waals surface area contributed by atoms with Crippen LogP contribution in [0.3, 0.4) is 0 Å². The zero-order valence-corrected chi connectivity index (χ0v) is 8.42. The molecular weight excluding hydrogens is 166 g/mol. The highest BCUT2D eigenvalue weighted by molar-refractivity contribution is 5.75. The molecule has 0 aromatic carbocycles. The summed E-state index contributed by atoms with van der Waals surface area (Å²) in [5.74, 6) is 0.353. The lowest BCUT2D eigenvalue weighted by Crippen LogP contribution is -2.49. The van der Waals surface area contributed by atoms with Crippen molar-refractivity contribution in [1.82, 2.24) is 10.2 Å². The molecule has 0 spiro atoms. The summed E-state index contributed by atoms with van der Waals surface area (Å²) in [6.07, 6.45) is 1.10. The number of amides is 1. The Morgan fingerprint density at radius 2 is 2.38 bits per heavy atom. The lowest BCUT2D eigenvalue weighted by atomic mass is 9.94. The molecule has 4 heteroatoms. The Labute approximate surface area is 79.5 Å². The Morgan fingerprint density at radius 3 is 2.92 bits per heavy atom. The van der Waals surface area contributed by atoms with Crippen molar-refractivity contribution in [3.05, 3.63) is 0 Å². The summed E-state index contributed by atoms with van der Waals surface area (Å²) in [7, 11) is 1.97. The monoisotopic (exact) mass is 185 g/mol.